The summed E-state index contributed by atoms with van der Waals surface area (Å²) < 4.78 is 0. The topological polar surface area (TPSA) is 49.2 Å². The summed E-state index contributed by atoms with van der Waals surface area (Å²) >= 11 is 0. The van der Waals surface area contributed by atoms with Crippen molar-refractivity contribution >= 4 is 0 Å². The van der Waals surface area contributed by atoms with Gasteiger partial charge in [0, 0.05) is 37.4 Å². The molecule has 0 bridgehead atoms. The average molecular weight is 221 g/mol. The minimum absolute atomic E-state index is 0.208. The molecule has 1 saturated heterocycles. The Balaban J connectivity index is 2.04. The van der Waals surface area contributed by atoms with Gasteiger partial charge < -0.3 is 10.0 Å². The van der Waals surface area contributed by atoms with Gasteiger partial charge >= 0.3 is 0 Å². The molecule has 1 aromatic heterocycles. The second-order valence-electron chi connectivity index (χ2n) is 4.47. The second kappa shape index (κ2) is 5.37. The number of likely N-dealkylation sites (tertiary alicyclic amines) is 1. The van der Waals surface area contributed by atoms with Crippen LogP contribution in [0.1, 0.15) is 30.3 Å². The van der Waals surface area contributed by atoms with Crippen molar-refractivity contribution < 1.29 is 5.11 Å². The molecule has 4 heteroatoms. The largest absolute Gasteiger partial charge is 0.396 e. The smallest absolute Gasteiger partial charge is 0.128 e. The summed E-state index contributed by atoms with van der Waals surface area (Å²) in [6, 6.07) is 2.02. The number of rotatable bonds is 4. The van der Waals surface area contributed by atoms with E-state index < -0.39 is 0 Å². The van der Waals surface area contributed by atoms with Crippen LogP contribution in [0, 0.1) is 0 Å². The number of aromatic nitrogens is 2. The molecule has 0 saturated carbocycles. The third-order valence-electron chi connectivity index (χ3n) is 3.10. The zero-order valence-electron chi connectivity index (χ0n) is 9.76. The fraction of sp³-hybridized carbons (Fsp3) is 0.667. The summed E-state index contributed by atoms with van der Waals surface area (Å²) in [6.45, 7) is 2.46. The van der Waals surface area contributed by atoms with Crippen molar-refractivity contribution in [2.45, 2.75) is 25.2 Å². The summed E-state index contributed by atoms with van der Waals surface area (Å²) in [5.74, 6) is 1.42. The Kier molecular flexibility index (Phi) is 3.85. The average Bonchev–Trinajstić information content (AvgIpc) is 2.74. The quantitative estimate of drug-likeness (QED) is 0.818. The predicted molar refractivity (Wildman–Crippen MR) is 62.3 cm³/mol. The first-order valence-corrected chi connectivity index (χ1v) is 5.91. The van der Waals surface area contributed by atoms with E-state index in [0.717, 1.165) is 37.4 Å². The Morgan fingerprint density at radius 3 is 3.12 bits per heavy atom. The van der Waals surface area contributed by atoms with E-state index in [-0.39, 0.29) is 6.61 Å². The second-order valence-corrected chi connectivity index (χ2v) is 4.47. The fourth-order valence-corrected chi connectivity index (χ4v) is 2.18. The van der Waals surface area contributed by atoms with E-state index in [1.54, 1.807) is 0 Å². The van der Waals surface area contributed by atoms with Crippen LogP contribution in [0.25, 0.3) is 0 Å². The SMILES string of the molecule is CN1CCC(c2ccnc(CCCO)n2)C1. The van der Waals surface area contributed by atoms with Crippen LogP contribution in [0.5, 0.6) is 0 Å². The molecule has 4 nitrogen and oxygen atoms in total. The summed E-state index contributed by atoms with van der Waals surface area (Å²) in [6.07, 6.45) is 4.54. The van der Waals surface area contributed by atoms with Crippen LogP contribution in [-0.2, 0) is 6.42 Å². The van der Waals surface area contributed by atoms with Crippen molar-refractivity contribution in [3.63, 3.8) is 0 Å². The van der Waals surface area contributed by atoms with Gasteiger partial charge in [0.2, 0.25) is 0 Å². The van der Waals surface area contributed by atoms with Crippen molar-refractivity contribution in [2.75, 3.05) is 26.7 Å². The fourth-order valence-electron chi connectivity index (χ4n) is 2.18. The van der Waals surface area contributed by atoms with Crippen LogP contribution >= 0.6 is 0 Å². The molecular weight excluding hydrogens is 202 g/mol. The van der Waals surface area contributed by atoms with Gasteiger partial charge in [0.25, 0.3) is 0 Å². The molecule has 2 rings (SSSR count). The third-order valence-corrected chi connectivity index (χ3v) is 3.10. The van der Waals surface area contributed by atoms with Crippen molar-refractivity contribution in [3.05, 3.63) is 23.8 Å². The number of hydrogen-bond acceptors (Lipinski definition) is 4. The highest BCUT2D eigenvalue weighted by Gasteiger charge is 2.22. The maximum Gasteiger partial charge on any atom is 0.128 e. The van der Waals surface area contributed by atoms with Crippen LogP contribution in [0.15, 0.2) is 12.3 Å². The summed E-state index contributed by atoms with van der Waals surface area (Å²) in [5.41, 5.74) is 1.16. The first-order chi connectivity index (χ1) is 7.79. The standard InChI is InChI=1S/C12H19N3O/c1-15-7-5-10(9-15)11-4-6-13-12(14-11)3-2-8-16/h4,6,10,16H,2-3,5,7-9H2,1H3. The lowest BCUT2D eigenvalue weighted by atomic mass is 10.0. The molecule has 16 heavy (non-hydrogen) atoms. The minimum atomic E-state index is 0.208. The Labute approximate surface area is 96.3 Å². The van der Waals surface area contributed by atoms with Crippen LogP contribution < -0.4 is 0 Å². The molecule has 0 radical (unpaired) electrons. The van der Waals surface area contributed by atoms with Gasteiger partial charge in [-0.1, -0.05) is 0 Å². The Morgan fingerprint density at radius 2 is 2.44 bits per heavy atom. The van der Waals surface area contributed by atoms with Gasteiger partial charge in [0.1, 0.15) is 5.82 Å². The predicted octanol–water partition coefficient (Wildman–Crippen LogP) is 0.821. The zero-order chi connectivity index (χ0) is 11.4. The molecule has 0 amide bonds. The third kappa shape index (κ3) is 2.77. The van der Waals surface area contributed by atoms with E-state index in [1.165, 1.54) is 6.42 Å². The van der Waals surface area contributed by atoms with Gasteiger partial charge in [0.15, 0.2) is 0 Å². The normalized spacial score (nSPS) is 21.5. The highest BCUT2D eigenvalue weighted by Crippen LogP contribution is 2.24. The molecule has 1 atom stereocenters. The first-order valence-electron chi connectivity index (χ1n) is 5.91. The molecule has 1 unspecified atom stereocenters. The van der Waals surface area contributed by atoms with E-state index >= 15 is 0 Å². The Hall–Kier alpha value is -1.00. The van der Waals surface area contributed by atoms with Gasteiger partial charge in [-0.2, -0.15) is 0 Å². The number of aliphatic hydroxyl groups is 1. The van der Waals surface area contributed by atoms with Crippen LogP contribution in [0.4, 0.5) is 0 Å². The molecule has 1 aliphatic rings. The van der Waals surface area contributed by atoms with E-state index in [0.29, 0.717) is 5.92 Å². The molecule has 0 spiro atoms. The van der Waals surface area contributed by atoms with E-state index in [2.05, 4.69) is 21.9 Å². The Morgan fingerprint density at radius 1 is 1.56 bits per heavy atom. The van der Waals surface area contributed by atoms with Crippen LogP contribution in [-0.4, -0.2) is 46.7 Å². The number of hydrogen-bond donors (Lipinski definition) is 1. The molecule has 2 heterocycles. The monoisotopic (exact) mass is 221 g/mol. The van der Waals surface area contributed by atoms with E-state index in [4.69, 9.17) is 5.11 Å². The molecular formula is C12H19N3O. The number of likely N-dealkylation sites (N-methyl/N-ethyl adjacent to an activating group) is 1. The van der Waals surface area contributed by atoms with Gasteiger partial charge in [-0.15, -0.1) is 0 Å². The molecule has 1 aliphatic heterocycles. The number of aryl methyl sites for hydroxylation is 1. The van der Waals surface area contributed by atoms with Crippen LogP contribution in [0.2, 0.25) is 0 Å². The van der Waals surface area contributed by atoms with Gasteiger partial charge in [-0.3, -0.25) is 0 Å². The van der Waals surface area contributed by atoms with Gasteiger partial charge in [-0.05, 0) is 32.5 Å². The van der Waals surface area contributed by atoms with Crippen molar-refractivity contribution in [2.24, 2.45) is 0 Å². The Bertz CT molecular complexity index is 343. The summed E-state index contributed by atoms with van der Waals surface area (Å²) in [7, 11) is 2.15. The molecule has 0 aliphatic carbocycles. The number of aliphatic hydroxyl groups excluding tert-OH is 1. The lowest BCUT2D eigenvalue weighted by molar-refractivity contribution is 0.287. The zero-order valence-corrected chi connectivity index (χ0v) is 9.76. The highest BCUT2D eigenvalue weighted by molar-refractivity contribution is 5.11. The number of nitrogens with zero attached hydrogens (tertiary/aromatic N) is 3. The van der Waals surface area contributed by atoms with E-state index in [9.17, 15) is 0 Å². The maximum absolute atomic E-state index is 8.78. The molecule has 1 fully saturated rings. The summed E-state index contributed by atoms with van der Waals surface area (Å²) in [5, 5.41) is 8.78. The van der Waals surface area contributed by atoms with Gasteiger partial charge in [0.05, 0.1) is 0 Å². The van der Waals surface area contributed by atoms with Gasteiger partial charge in [-0.25, -0.2) is 9.97 Å². The first kappa shape index (κ1) is 11.5. The summed E-state index contributed by atoms with van der Waals surface area (Å²) in [4.78, 5) is 11.1. The lowest BCUT2D eigenvalue weighted by Gasteiger charge is -2.10. The van der Waals surface area contributed by atoms with Crippen LogP contribution in [0.3, 0.4) is 0 Å². The van der Waals surface area contributed by atoms with E-state index in [1.807, 2.05) is 12.3 Å². The molecule has 0 aromatic carbocycles. The highest BCUT2D eigenvalue weighted by atomic mass is 16.2. The van der Waals surface area contributed by atoms with Crippen molar-refractivity contribution in [1.82, 2.24) is 14.9 Å². The van der Waals surface area contributed by atoms with Crippen molar-refractivity contribution in [1.29, 1.82) is 0 Å². The molecule has 1 aromatic rings. The minimum Gasteiger partial charge on any atom is -0.396 e. The lowest BCUT2D eigenvalue weighted by Crippen LogP contribution is -2.14. The maximum atomic E-state index is 8.78. The van der Waals surface area contributed by atoms with Crippen molar-refractivity contribution in [3.8, 4) is 0 Å². The molecule has 1 N–H and O–H groups in total. The molecule has 88 valence electrons.